The summed E-state index contributed by atoms with van der Waals surface area (Å²) in [5.74, 6) is 0.467. The van der Waals surface area contributed by atoms with Crippen LogP contribution >= 0.6 is 0 Å². The molecule has 22 heavy (non-hydrogen) atoms. The van der Waals surface area contributed by atoms with Crippen LogP contribution < -0.4 is 5.32 Å². The summed E-state index contributed by atoms with van der Waals surface area (Å²) in [4.78, 5) is 16.4. The largest absolute Gasteiger partial charge is 0.341 e. The number of nitrogens with zero attached hydrogens (tertiary/aromatic N) is 2. The standard InChI is InChI=1S/C14H17N3O4S/c1-4-12-16-14(21-17-12)9(2)15-13(18)10-6-5-7-11(8-10)22(3,19)20/h5-9H,4H2,1-3H3,(H,15,18). The molecular formula is C14H17N3O4S. The highest BCUT2D eigenvalue weighted by molar-refractivity contribution is 7.90. The average molecular weight is 323 g/mol. The number of carbonyl (C=O) groups excluding carboxylic acids is 1. The molecule has 1 amide bonds. The molecule has 2 rings (SSSR count). The number of aryl methyl sites for hydroxylation is 1. The molecule has 2 aromatic rings. The summed E-state index contributed by atoms with van der Waals surface area (Å²) >= 11 is 0. The first-order chi connectivity index (χ1) is 10.3. The highest BCUT2D eigenvalue weighted by Gasteiger charge is 2.18. The Bertz CT molecular complexity index is 783. The van der Waals surface area contributed by atoms with Crippen molar-refractivity contribution in [3.8, 4) is 0 Å². The summed E-state index contributed by atoms with van der Waals surface area (Å²) in [6.07, 6.45) is 1.73. The minimum atomic E-state index is -3.36. The summed E-state index contributed by atoms with van der Waals surface area (Å²) in [6, 6.07) is 5.38. The summed E-state index contributed by atoms with van der Waals surface area (Å²) in [5.41, 5.74) is 0.255. The molecule has 0 bridgehead atoms. The van der Waals surface area contributed by atoms with Crippen LogP contribution in [-0.4, -0.2) is 30.7 Å². The zero-order chi connectivity index (χ0) is 16.3. The number of aromatic nitrogens is 2. The van der Waals surface area contributed by atoms with E-state index >= 15 is 0 Å². The van der Waals surface area contributed by atoms with Crippen molar-refractivity contribution < 1.29 is 17.7 Å². The lowest BCUT2D eigenvalue weighted by atomic mass is 10.2. The number of amides is 1. The molecule has 8 heteroatoms. The number of sulfone groups is 1. The number of benzene rings is 1. The van der Waals surface area contributed by atoms with Crippen LogP contribution in [-0.2, 0) is 16.3 Å². The van der Waals surface area contributed by atoms with Crippen molar-refractivity contribution in [2.45, 2.75) is 31.2 Å². The Hall–Kier alpha value is -2.22. The smallest absolute Gasteiger partial charge is 0.251 e. The van der Waals surface area contributed by atoms with Gasteiger partial charge in [-0.05, 0) is 25.1 Å². The molecule has 1 atom stereocenters. The van der Waals surface area contributed by atoms with Crippen molar-refractivity contribution in [1.82, 2.24) is 15.5 Å². The first kappa shape index (κ1) is 16.2. The first-order valence-electron chi connectivity index (χ1n) is 6.74. The van der Waals surface area contributed by atoms with E-state index in [2.05, 4.69) is 15.5 Å². The van der Waals surface area contributed by atoms with Gasteiger partial charge in [-0.2, -0.15) is 4.98 Å². The minimum Gasteiger partial charge on any atom is -0.341 e. The van der Waals surface area contributed by atoms with Gasteiger partial charge in [0.05, 0.1) is 4.90 Å². The molecule has 0 spiro atoms. The Balaban J connectivity index is 2.15. The second-order valence-corrected chi connectivity index (χ2v) is 6.91. The van der Waals surface area contributed by atoms with Gasteiger partial charge in [-0.25, -0.2) is 8.42 Å². The summed E-state index contributed by atoms with van der Waals surface area (Å²) < 4.78 is 28.1. The Labute approximate surface area is 128 Å². The summed E-state index contributed by atoms with van der Waals surface area (Å²) in [7, 11) is -3.36. The monoisotopic (exact) mass is 323 g/mol. The van der Waals surface area contributed by atoms with Gasteiger partial charge in [0.1, 0.15) is 6.04 Å². The fourth-order valence-corrected chi connectivity index (χ4v) is 2.46. The topological polar surface area (TPSA) is 102 Å². The Morgan fingerprint density at radius 3 is 2.73 bits per heavy atom. The van der Waals surface area contributed by atoms with Crippen LogP contribution in [0.15, 0.2) is 33.7 Å². The van der Waals surface area contributed by atoms with E-state index in [-0.39, 0.29) is 10.5 Å². The normalized spacial score (nSPS) is 12.9. The molecule has 1 aromatic heterocycles. The number of carbonyl (C=O) groups is 1. The van der Waals surface area contributed by atoms with Crippen LogP contribution in [0, 0.1) is 0 Å². The van der Waals surface area contributed by atoms with Gasteiger partial charge < -0.3 is 9.84 Å². The van der Waals surface area contributed by atoms with E-state index in [9.17, 15) is 13.2 Å². The van der Waals surface area contributed by atoms with E-state index in [4.69, 9.17) is 4.52 Å². The van der Waals surface area contributed by atoms with E-state index in [1.807, 2.05) is 6.92 Å². The molecule has 0 fully saturated rings. The van der Waals surface area contributed by atoms with Gasteiger partial charge >= 0.3 is 0 Å². The van der Waals surface area contributed by atoms with Crippen LogP contribution in [0.25, 0.3) is 0 Å². The molecule has 0 aliphatic carbocycles. The molecule has 0 saturated carbocycles. The predicted molar refractivity (Wildman–Crippen MR) is 79.1 cm³/mol. The van der Waals surface area contributed by atoms with Crippen LogP contribution in [0.5, 0.6) is 0 Å². The maximum absolute atomic E-state index is 12.2. The van der Waals surface area contributed by atoms with Gasteiger partial charge in [0.2, 0.25) is 5.89 Å². The fourth-order valence-electron chi connectivity index (χ4n) is 1.80. The Kier molecular flexibility index (Phi) is 4.60. The lowest BCUT2D eigenvalue weighted by Crippen LogP contribution is -2.27. The highest BCUT2D eigenvalue weighted by Crippen LogP contribution is 2.14. The molecule has 118 valence electrons. The number of rotatable bonds is 5. The Morgan fingerprint density at radius 2 is 2.14 bits per heavy atom. The molecule has 0 aliphatic rings. The van der Waals surface area contributed by atoms with Gasteiger partial charge in [0.25, 0.3) is 5.91 Å². The van der Waals surface area contributed by atoms with Gasteiger partial charge in [-0.3, -0.25) is 4.79 Å². The molecule has 1 aromatic carbocycles. The molecule has 0 radical (unpaired) electrons. The second-order valence-electron chi connectivity index (χ2n) is 4.90. The second kappa shape index (κ2) is 6.27. The fraction of sp³-hybridized carbons (Fsp3) is 0.357. The van der Waals surface area contributed by atoms with Crippen LogP contribution in [0.3, 0.4) is 0 Å². The van der Waals surface area contributed by atoms with Gasteiger partial charge in [0, 0.05) is 18.2 Å². The van der Waals surface area contributed by atoms with E-state index in [1.54, 1.807) is 13.0 Å². The number of hydrogen-bond acceptors (Lipinski definition) is 6. The molecule has 1 unspecified atom stereocenters. The number of nitrogens with one attached hydrogen (secondary N) is 1. The zero-order valence-electron chi connectivity index (χ0n) is 12.5. The van der Waals surface area contributed by atoms with Gasteiger partial charge in [-0.1, -0.05) is 18.1 Å². The third kappa shape index (κ3) is 3.70. The predicted octanol–water partition coefficient (Wildman–Crippen LogP) is 1.53. The third-order valence-electron chi connectivity index (χ3n) is 3.04. The SMILES string of the molecule is CCc1noc(C(C)NC(=O)c2cccc(S(C)(=O)=O)c2)n1. The number of hydrogen-bond donors (Lipinski definition) is 1. The van der Waals surface area contributed by atoms with E-state index in [0.29, 0.717) is 18.1 Å². The quantitative estimate of drug-likeness (QED) is 0.895. The van der Waals surface area contributed by atoms with Crippen LogP contribution in [0.1, 0.15) is 42.0 Å². The molecule has 1 N–H and O–H groups in total. The lowest BCUT2D eigenvalue weighted by molar-refractivity contribution is 0.0932. The molecule has 0 aliphatic heterocycles. The summed E-state index contributed by atoms with van der Waals surface area (Å²) in [6.45, 7) is 3.61. The van der Waals surface area contributed by atoms with Crippen molar-refractivity contribution in [1.29, 1.82) is 0 Å². The maximum atomic E-state index is 12.2. The first-order valence-corrected chi connectivity index (χ1v) is 8.64. The zero-order valence-corrected chi connectivity index (χ0v) is 13.3. The average Bonchev–Trinajstić information content (AvgIpc) is 2.95. The van der Waals surface area contributed by atoms with Crippen molar-refractivity contribution in [3.63, 3.8) is 0 Å². The minimum absolute atomic E-state index is 0.0962. The lowest BCUT2D eigenvalue weighted by Gasteiger charge is -2.10. The van der Waals surface area contributed by atoms with Crippen molar-refractivity contribution in [3.05, 3.63) is 41.5 Å². The van der Waals surface area contributed by atoms with E-state index in [0.717, 1.165) is 6.26 Å². The van der Waals surface area contributed by atoms with Gasteiger partial charge in [0.15, 0.2) is 15.7 Å². The third-order valence-corrected chi connectivity index (χ3v) is 4.15. The van der Waals surface area contributed by atoms with Crippen molar-refractivity contribution >= 4 is 15.7 Å². The molecule has 1 heterocycles. The van der Waals surface area contributed by atoms with E-state index < -0.39 is 21.8 Å². The van der Waals surface area contributed by atoms with Crippen LogP contribution in [0.4, 0.5) is 0 Å². The van der Waals surface area contributed by atoms with Gasteiger partial charge in [-0.15, -0.1) is 0 Å². The summed E-state index contributed by atoms with van der Waals surface area (Å²) in [5, 5.41) is 6.46. The van der Waals surface area contributed by atoms with Crippen LogP contribution in [0.2, 0.25) is 0 Å². The molecule has 0 saturated heterocycles. The molecule has 7 nitrogen and oxygen atoms in total. The molecular weight excluding hydrogens is 306 g/mol. The highest BCUT2D eigenvalue weighted by atomic mass is 32.2. The Morgan fingerprint density at radius 1 is 1.41 bits per heavy atom. The maximum Gasteiger partial charge on any atom is 0.251 e. The van der Waals surface area contributed by atoms with Crippen molar-refractivity contribution in [2.75, 3.05) is 6.26 Å². The van der Waals surface area contributed by atoms with Crippen molar-refractivity contribution in [2.24, 2.45) is 0 Å². The van der Waals surface area contributed by atoms with E-state index in [1.165, 1.54) is 18.2 Å².